The van der Waals surface area contributed by atoms with Gasteiger partial charge < -0.3 is 4.90 Å². The third-order valence-electron chi connectivity index (χ3n) is 5.15. The van der Waals surface area contributed by atoms with Gasteiger partial charge in [-0.2, -0.15) is 5.26 Å². The van der Waals surface area contributed by atoms with Crippen molar-refractivity contribution in [3.05, 3.63) is 24.4 Å². The summed E-state index contributed by atoms with van der Waals surface area (Å²) >= 11 is 0. The SMILES string of the molecule is CCCCCC(CC)CN(/C=C/C=C/C#N)CC(CC)CCCCC. The van der Waals surface area contributed by atoms with Gasteiger partial charge in [-0.15, -0.1) is 0 Å². The highest BCUT2D eigenvalue weighted by atomic mass is 15.1. The summed E-state index contributed by atoms with van der Waals surface area (Å²) in [5.74, 6) is 1.56. The number of hydrogen-bond donors (Lipinski definition) is 0. The minimum absolute atomic E-state index is 0.782. The molecule has 2 atom stereocenters. The summed E-state index contributed by atoms with van der Waals surface area (Å²) in [4.78, 5) is 2.52. The van der Waals surface area contributed by atoms with Gasteiger partial charge >= 0.3 is 0 Å². The fourth-order valence-electron chi connectivity index (χ4n) is 3.34. The van der Waals surface area contributed by atoms with Crippen LogP contribution >= 0.6 is 0 Å². The van der Waals surface area contributed by atoms with E-state index >= 15 is 0 Å². The van der Waals surface area contributed by atoms with Gasteiger partial charge in [0.05, 0.1) is 6.07 Å². The van der Waals surface area contributed by atoms with Crippen LogP contribution in [0.4, 0.5) is 0 Å². The van der Waals surface area contributed by atoms with Crippen LogP contribution in [0.1, 0.15) is 91.9 Å². The van der Waals surface area contributed by atoms with Gasteiger partial charge in [0, 0.05) is 19.2 Å². The summed E-state index contributed by atoms with van der Waals surface area (Å²) in [5.41, 5.74) is 0. The summed E-state index contributed by atoms with van der Waals surface area (Å²) < 4.78 is 0. The molecule has 0 saturated carbocycles. The minimum Gasteiger partial charge on any atom is -0.377 e. The number of hydrogen-bond acceptors (Lipinski definition) is 2. The summed E-state index contributed by atoms with van der Waals surface area (Å²) in [5, 5.41) is 8.66. The highest BCUT2D eigenvalue weighted by molar-refractivity contribution is 5.11. The molecule has 0 amide bonds. The van der Waals surface area contributed by atoms with E-state index in [0.29, 0.717) is 0 Å². The van der Waals surface area contributed by atoms with E-state index in [1.165, 1.54) is 64.2 Å². The molecule has 144 valence electrons. The molecule has 0 aromatic carbocycles. The number of nitrogens with zero attached hydrogens (tertiary/aromatic N) is 2. The molecule has 0 heterocycles. The Morgan fingerprint density at radius 2 is 1.32 bits per heavy atom. The zero-order valence-corrected chi connectivity index (χ0v) is 17.3. The summed E-state index contributed by atoms with van der Waals surface area (Å²) in [6, 6.07) is 2.06. The molecule has 0 spiro atoms. The van der Waals surface area contributed by atoms with Gasteiger partial charge in [-0.3, -0.25) is 0 Å². The number of nitriles is 1. The van der Waals surface area contributed by atoms with Crippen LogP contribution < -0.4 is 0 Å². The fourth-order valence-corrected chi connectivity index (χ4v) is 3.34. The van der Waals surface area contributed by atoms with E-state index in [9.17, 15) is 0 Å². The lowest BCUT2D eigenvalue weighted by Crippen LogP contribution is -2.29. The molecule has 0 aliphatic heterocycles. The van der Waals surface area contributed by atoms with Crippen molar-refractivity contribution < 1.29 is 0 Å². The van der Waals surface area contributed by atoms with Crippen LogP contribution in [-0.2, 0) is 0 Å². The molecule has 0 aromatic heterocycles. The first-order valence-corrected chi connectivity index (χ1v) is 10.7. The largest absolute Gasteiger partial charge is 0.377 e. The highest BCUT2D eigenvalue weighted by Gasteiger charge is 2.14. The molecule has 0 radical (unpaired) electrons. The van der Waals surface area contributed by atoms with Crippen LogP contribution in [0.3, 0.4) is 0 Å². The number of rotatable bonds is 16. The van der Waals surface area contributed by atoms with E-state index in [0.717, 1.165) is 24.9 Å². The maximum atomic E-state index is 8.66. The van der Waals surface area contributed by atoms with Gasteiger partial charge in [-0.05, 0) is 37.0 Å². The molecule has 0 aromatic rings. The Hall–Kier alpha value is -1.23. The summed E-state index contributed by atoms with van der Waals surface area (Å²) in [6.45, 7) is 11.5. The van der Waals surface area contributed by atoms with Crippen molar-refractivity contribution in [3.8, 4) is 6.07 Å². The molecule has 0 aliphatic rings. The van der Waals surface area contributed by atoms with Crippen molar-refractivity contribution in [2.75, 3.05) is 13.1 Å². The molecule has 0 bridgehead atoms. The Balaban J connectivity index is 4.72. The number of unbranched alkanes of at least 4 members (excludes halogenated alkanes) is 4. The van der Waals surface area contributed by atoms with Gasteiger partial charge in [0.1, 0.15) is 0 Å². The van der Waals surface area contributed by atoms with Crippen LogP contribution in [-0.4, -0.2) is 18.0 Å². The average molecular weight is 347 g/mol. The molecule has 2 nitrogen and oxygen atoms in total. The molecule has 0 rings (SSSR count). The predicted molar refractivity (Wildman–Crippen MR) is 111 cm³/mol. The van der Waals surface area contributed by atoms with Crippen molar-refractivity contribution in [2.24, 2.45) is 11.8 Å². The van der Waals surface area contributed by atoms with Crippen molar-refractivity contribution in [1.29, 1.82) is 5.26 Å². The Bertz CT molecular complexity index is 358. The molecular weight excluding hydrogens is 304 g/mol. The van der Waals surface area contributed by atoms with Gasteiger partial charge in [-0.1, -0.05) is 85.1 Å². The maximum Gasteiger partial charge on any atom is 0.0912 e. The maximum absolute atomic E-state index is 8.66. The summed E-state index contributed by atoms with van der Waals surface area (Å²) in [7, 11) is 0. The summed E-state index contributed by atoms with van der Waals surface area (Å²) in [6.07, 6.45) is 20.9. The van der Waals surface area contributed by atoms with E-state index in [-0.39, 0.29) is 0 Å². The first-order chi connectivity index (χ1) is 12.2. The fraction of sp³-hybridized carbons (Fsp3) is 0.783. The van der Waals surface area contributed by atoms with Crippen molar-refractivity contribution >= 4 is 0 Å². The smallest absolute Gasteiger partial charge is 0.0912 e. The van der Waals surface area contributed by atoms with Crippen molar-refractivity contribution in [2.45, 2.75) is 91.9 Å². The third kappa shape index (κ3) is 13.7. The lowest BCUT2D eigenvalue weighted by atomic mass is 9.95. The van der Waals surface area contributed by atoms with E-state index in [4.69, 9.17) is 5.26 Å². The van der Waals surface area contributed by atoms with Gasteiger partial charge in [-0.25, -0.2) is 0 Å². The first-order valence-electron chi connectivity index (χ1n) is 10.7. The van der Waals surface area contributed by atoms with E-state index < -0.39 is 0 Å². The van der Waals surface area contributed by atoms with E-state index in [1.807, 2.05) is 12.2 Å². The molecule has 0 saturated heterocycles. The molecule has 0 fully saturated rings. The quantitative estimate of drug-likeness (QED) is 0.169. The zero-order chi connectivity index (χ0) is 18.8. The minimum atomic E-state index is 0.782. The Kier molecular flexibility index (Phi) is 16.7. The van der Waals surface area contributed by atoms with Gasteiger partial charge in [0.25, 0.3) is 0 Å². The Labute approximate surface area is 158 Å². The molecule has 0 aliphatic carbocycles. The molecule has 2 heteroatoms. The molecule has 0 N–H and O–H groups in total. The lowest BCUT2D eigenvalue weighted by Gasteiger charge is -2.29. The Morgan fingerprint density at radius 1 is 0.800 bits per heavy atom. The lowest BCUT2D eigenvalue weighted by molar-refractivity contribution is 0.238. The first kappa shape index (κ1) is 23.8. The normalized spacial score (nSPS) is 14.0. The Morgan fingerprint density at radius 3 is 1.72 bits per heavy atom. The topological polar surface area (TPSA) is 27.0 Å². The highest BCUT2D eigenvalue weighted by Crippen LogP contribution is 2.20. The monoisotopic (exact) mass is 346 g/mol. The van der Waals surface area contributed by atoms with E-state index in [1.54, 1.807) is 6.08 Å². The van der Waals surface area contributed by atoms with Gasteiger partial charge in [0.15, 0.2) is 0 Å². The van der Waals surface area contributed by atoms with Crippen LogP contribution in [0.15, 0.2) is 24.4 Å². The molecule has 25 heavy (non-hydrogen) atoms. The molecule has 2 unspecified atom stereocenters. The van der Waals surface area contributed by atoms with Crippen LogP contribution in [0.25, 0.3) is 0 Å². The average Bonchev–Trinajstić information content (AvgIpc) is 2.63. The standard InChI is InChI=1S/C23H42N2/c1-5-9-12-16-22(7-3)20-25(19-15-11-14-18-24)21-23(8-4)17-13-10-6-2/h11,14-15,19,22-23H,5-10,12-13,16-17,20-21H2,1-4H3/b14-11+,19-15+. The van der Waals surface area contributed by atoms with Crippen LogP contribution in [0, 0.1) is 23.2 Å². The second-order valence-corrected chi connectivity index (χ2v) is 7.32. The predicted octanol–water partition coefficient (Wildman–Crippen LogP) is 7.09. The zero-order valence-electron chi connectivity index (χ0n) is 17.3. The van der Waals surface area contributed by atoms with Crippen LogP contribution in [0.5, 0.6) is 0 Å². The second kappa shape index (κ2) is 17.6. The van der Waals surface area contributed by atoms with Crippen molar-refractivity contribution in [1.82, 2.24) is 4.90 Å². The van der Waals surface area contributed by atoms with Crippen LogP contribution in [0.2, 0.25) is 0 Å². The molecular formula is C23H42N2. The third-order valence-corrected chi connectivity index (χ3v) is 5.15. The van der Waals surface area contributed by atoms with Gasteiger partial charge in [0.2, 0.25) is 0 Å². The second-order valence-electron chi connectivity index (χ2n) is 7.32. The van der Waals surface area contributed by atoms with Crippen molar-refractivity contribution in [3.63, 3.8) is 0 Å². The van der Waals surface area contributed by atoms with E-state index in [2.05, 4.69) is 44.9 Å². The number of allylic oxidation sites excluding steroid dienone is 3.